The fourth-order valence-electron chi connectivity index (χ4n) is 2.91. The Kier molecular flexibility index (Phi) is 7.65. The molecular formula is C25H26N2O4. The summed E-state index contributed by atoms with van der Waals surface area (Å²) in [4.78, 5) is 24.8. The van der Waals surface area contributed by atoms with Crippen molar-refractivity contribution in [2.45, 2.75) is 26.5 Å². The lowest BCUT2D eigenvalue weighted by Gasteiger charge is -2.16. The largest absolute Gasteiger partial charge is 0.492 e. The van der Waals surface area contributed by atoms with Crippen LogP contribution >= 0.6 is 0 Å². The highest BCUT2D eigenvalue weighted by molar-refractivity contribution is 5.95. The fraction of sp³-hybridized carbons (Fsp3) is 0.200. The van der Waals surface area contributed by atoms with Crippen LogP contribution in [0.2, 0.25) is 0 Å². The molecule has 3 rings (SSSR count). The molecule has 0 aliphatic rings. The van der Waals surface area contributed by atoms with Crippen molar-refractivity contribution >= 4 is 17.5 Å². The lowest BCUT2D eigenvalue weighted by molar-refractivity contribution is -0.122. The van der Waals surface area contributed by atoms with Crippen molar-refractivity contribution in [3.8, 4) is 11.5 Å². The molecule has 0 heterocycles. The van der Waals surface area contributed by atoms with Gasteiger partial charge in [0.15, 0.2) is 6.10 Å². The van der Waals surface area contributed by atoms with Crippen LogP contribution in [0.1, 0.15) is 29.8 Å². The van der Waals surface area contributed by atoms with Crippen LogP contribution in [0.4, 0.5) is 5.69 Å². The lowest BCUT2D eigenvalue weighted by atomic mass is 10.2. The molecule has 160 valence electrons. The van der Waals surface area contributed by atoms with Crippen LogP contribution in [-0.4, -0.2) is 24.5 Å². The van der Waals surface area contributed by atoms with Crippen LogP contribution in [0.25, 0.3) is 0 Å². The summed E-state index contributed by atoms with van der Waals surface area (Å²) in [6.45, 7) is 4.51. The summed E-state index contributed by atoms with van der Waals surface area (Å²) < 4.78 is 11.3. The third-order valence-electron chi connectivity index (χ3n) is 4.54. The third-order valence-corrected chi connectivity index (χ3v) is 4.54. The number of carbonyl (C=O) groups excluding carboxylic acids is 2. The van der Waals surface area contributed by atoms with E-state index in [1.54, 1.807) is 43.3 Å². The Morgan fingerprint density at radius 1 is 0.903 bits per heavy atom. The van der Waals surface area contributed by atoms with Crippen molar-refractivity contribution in [1.29, 1.82) is 0 Å². The van der Waals surface area contributed by atoms with E-state index in [-0.39, 0.29) is 11.8 Å². The maximum absolute atomic E-state index is 12.5. The van der Waals surface area contributed by atoms with Gasteiger partial charge in [0.1, 0.15) is 11.5 Å². The van der Waals surface area contributed by atoms with Crippen LogP contribution in [0, 0.1) is 0 Å². The van der Waals surface area contributed by atoms with Crippen LogP contribution in [0.5, 0.6) is 11.5 Å². The summed E-state index contributed by atoms with van der Waals surface area (Å²) in [6.07, 6.45) is -0.729. The maximum Gasteiger partial charge on any atom is 0.265 e. The first-order chi connectivity index (χ1) is 15.1. The second-order valence-electron chi connectivity index (χ2n) is 6.87. The Balaban J connectivity index is 1.54. The summed E-state index contributed by atoms with van der Waals surface area (Å²) in [5, 5.41) is 5.71. The van der Waals surface area contributed by atoms with E-state index in [1.807, 2.05) is 49.4 Å². The molecule has 0 radical (unpaired) electrons. The second kappa shape index (κ2) is 10.8. The molecule has 6 nitrogen and oxygen atoms in total. The summed E-state index contributed by atoms with van der Waals surface area (Å²) >= 11 is 0. The predicted molar refractivity (Wildman–Crippen MR) is 120 cm³/mol. The van der Waals surface area contributed by atoms with Crippen LogP contribution < -0.4 is 20.1 Å². The van der Waals surface area contributed by atoms with Crippen LogP contribution in [-0.2, 0) is 11.3 Å². The normalized spacial score (nSPS) is 11.3. The van der Waals surface area contributed by atoms with Crippen molar-refractivity contribution in [1.82, 2.24) is 5.32 Å². The molecule has 3 aromatic rings. The Morgan fingerprint density at radius 2 is 1.58 bits per heavy atom. The van der Waals surface area contributed by atoms with E-state index < -0.39 is 6.10 Å². The molecule has 0 aliphatic heterocycles. The highest BCUT2D eigenvalue weighted by Crippen LogP contribution is 2.24. The minimum Gasteiger partial charge on any atom is -0.492 e. The van der Waals surface area contributed by atoms with E-state index in [4.69, 9.17) is 9.47 Å². The first kappa shape index (κ1) is 21.9. The molecule has 0 unspecified atom stereocenters. The molecule has 0 saturated heterocycles. The van der Waals surface area contributed by atoms with Gasteiger partial charge in [0.25, 0.3) is 11.8 Å². The van der Waals surface area contributed by atoms with Crippen LogP contribution in [0.3, 0.4) is 0 Å². The summed E-state index contributed by atoms with van der Waals surface area (Å²) in [6, 6.07) is 23.6. The molecule has 0 bridgehead atoms. The molecule has 0 spiro atoms. The number of amides is 2. The number of hydrogen-bond donors (Lipinski definition) is 2. The number of benzene rings is 3. The quantitative estimate of drug-likeness (QED) is 0.539. The molecule has 1 atom stereocenters. The third kappa shape index (κ3) is 6.34. The summed E-state index contributed by atoms with van der Waals surface area (Å²) in [5.74, 6) is 0.641. The molecule has 0 fully saturated rings. The number of rotatable bonds is 9. The number of carbonyl (C=O) groups is 2. The smallest absolute Gasteiger partial charge is 0.265 e. The average Bonchev–Trinajstić information content (AvgIpc) is 2.80. The molecule has 2 N–H and O–H groups in total. The molecule has 0 aliphatic carbocycles. The summed E-state index contributed by atoms with van der Waals surface area (Å²) in [5.41, 5.74) is 2.14. The highest BCUT2D eigenvalue weighted by Gasteiger charge is 2.17. The number of hydrogen-bond acceptors (Lipinski definition) is 4. The molecule has 6 heteroatoms. The molecule has 2 amide bonds. The van der Waals surface area contributed by atoms with E-state index in [9.17, 15) is 9.59 Å². The van der Waals surface area contributed by atoms with Gasteiger partial charge in [0.05, 0.1) is 12.3 Å². The van der Waals surface area contributed by atoms with Gasteiger partial charge in [-0.1, -0.05) is 42.5 Å². The van der Waals surface area contributed by atoms with Crippen molar-refractivity contribution < 1.29 is 19.1 Å². The fourth-order valence-corrected chi connectivity index (χ4v) is 2.91. The van der Waals surface area contributed by atoms with Crippen molar-refractivity contribution in [3.05, 3.63) is 90.0 Å². The SMILES string of the molecule is CCOc1ccccc1NC(=O)[C@@H](C)Oc1ccc(C(=O)NCc2ccccc2)cc1. The van der Waals surface area contributed by atoms with Gasteiger partial charge in [-0.25, -0.2) is 0 Å². The molecule has 0 aromatic heterocycles. The minimum atomic E-state index is -0.729. The predicted octanol–water partition coefficient (Wildman–Crippen LogP) is 4.42. The Bertz CT molecular complexity index is 1000. The standard InChI is InChI=1S/C25H26N2O4/c1-3-30-23-12-8-7-11-22(23)27-24(28)18(2)31-21-15-13-20(14-16-21)25(29)26-17-19-9-5-4-6-10-19/h4-16,18H,3,17H2,1-2H3,(H,26,29)(H,27,28)/t18-/m1/s1. The van der Waals surface area contributed by atoms with Gasteiger partial charge >= 0.3 is 0 Å². The zero-order valence-corrected chi connectivity index (χ0v) is 17.6. The van der Waals surface area contributed by atoms with E-state index in [0.717, 1.165) is 5.56 Å². The van der Waals surface area contributed by atoms with E-state index in [0.29, 0.717) is 35.9 Å². The lowest BCUT2D eigenvalue weighted by Crippen LogP contribution is -2.30. The summed E-state index contributed by atoms with van der Waals surface area (Å²) in [7, 11) is 0. The topological polar surface area (TPSA) is 76.7 Å². The number of nitrogens with one attached hydrogen (secondary N) is 2. The van der Waals surface area contributed by atoms with E-state index in [2.05, 4.69) is 10.6 Å². The minimum absolute atomic E-state index is 0.172. The van der Waals surface area contributed by atoms with Gasteiger partial charge in [-0.3, -0.25) is 9.59 Å². The number of para-hydroxylation sites is 2. The zero-order chi connectivity index (χ0) is 22.1. The van der Waals surface area contributed by atoms with Gasteiger partial charge in [0, 0.05) is 12.1 Å². The van der Waals surface area contributed by atoms with Gasteiger partial charge < -0.3 is 20.1 Å². The monoisotopic (exact) mass is 418 g/mol. The van der Waals surface area contributed by atoms with E-state index in [1.165, 1.54) is 0 Å². The van der Waals surface area contributed by atoms with Crippen molar-refractivity contribution in [2.75, 3.05) is 11.9 Å². The Morgan fingerprint density at radius 3 is 2.29 bits per heavy atom. The Labute approximate surface area is 182 Å². The van der Waals surface area contributed by atoms with Crippen molar-refractivity contribution in [2.24, 2.45) is 0 Å². The highest BCUT2D eigenvalue weighted by atomic mass is 16.5. The maximum atomic E-state index is 12.5. The van der Waals surface area contributed by atoms with Gasteiger partial charge in [0.2, 0.25) is 0 Å². The molecule has 3 aromatic carbocycles. The first-order valence-electron chi connectivity index (χ1n) is 10.2. The first-order valence-corrected chi connectivity index (χ1v) is 10.2. The molecule has 31 heavy (non-hydrogen) atoms. The molecular weight excluding hydrogens is 392 g/mol. The Hall–Kier alpha value is -3.80. The van der Waals surface area contributed by atoms with E-state index >= 15 is 0 Å². The number of ether oxygens (including phenoxy) is 2. The number of anilines is 1. The van der Waals surface area contributed by atoms with Gasteiger partial charge in [-0.2, -0.15) is 0 Å². The second-order valence-corrected chi connectivity index (χ2v) is 6.87. The van der Waals surface area contributed by atoms with Gasteiger partial charge in [-0.15, -0.1) is 0 Å². The average molecular weight is 418 g/mol. The molecule has 0 saturated carbocycles. The van der Waals surface area contributed by atoms with Gasteiger partial charge in [-0.05, 0) is 55.8 Å². The zero-order valence-electron chi connectivity index (χ0n) is 17.6. The van der Waals surface area contributed by atoms with Crippen LogP contribution in [0.15, 0.2) is 78.9 Å². The van der Waals surface area contributed by atoms with Crippen molar-refractivity contribution in [3.63, 3.8) is 0 Å².